The number of hydrogen-bond acceptors (Lipinski definition) is 6. The summed E-state index contributed by atoms with van der Waals surface area (Å²) in [5.74, 6) is -1.56. The molecule has 0 aliphatic carbocycles. The largest absolute Gasteiger partial charge is 0.464 e. The van der Waals surface area contributed by atoms with Gasteiger partial charge in [0.05, 0.1) is 24.2 Å². The van der Waals surface area contributed by atoms with Crippen molar-refractivity contribution < 1.29 is 28.2 Å². The number of nitrogens with zero attached hydrogens (tertiary/aromatic N) is 3. The van der Waals surface area contributed by atoms with Crippen LogP contribution in [0.25, 0.3) is 10.9 Å². The van der Waals surface area contributed by atoms with Crippen LogP contribution < -0.4 is 0 Å². The molecular formula is C22H26BrClFN3O5. The monoisotopic (exact) mass is 545 g/mol. The van der Waals surface area contributed by atoms with E-state index in [1.165, 1.54) is 10.9 Å². The molecule has 2 heterocycles. The van der Waals surface area contributed by atoms with Crippen molar-refractivity contribution in [1.82, 2.24) is 14.7 Å². The maximum atomic E-state index is 14.3. The molecule has 0 N–H and O–H groups in total. The Bertz CT molecular complexity index is 1100. The van der Waals surface area contributed by atoms with Gasteiger partial charge in [-0.2, -0.15) is 5.10 Å². The number of carbonyl (C=O) groups is 3. The van der Waals surface area contributed by atoms with Crippen molar-refractivity contribution in [3.63, 3.8) is 0 Å². The molecule has 0 bridgehead atoms. The van der Waals surface area contributed by atoms with E-state index in [4.69, 9.17) is 21.1 Å². The fraction of sp³-hybridized carbons (Fsp3) is 0.545. The van der Waals surface area contributed by atoms with Crippen molar-refractivity contribution in [2.24, 2.45) is 0 Å². The number of fused-ring (bicyclic) bond motifs is 1. The van der Waals surface area contributed by atoms with Crippen molar-refractivity contribution in [1.29, 1.82) is 0 Å². The van der Waals surface area contributed by atoms with Gasteiger partial charge in [0, 0.05) is 22.5 Å². The van der Waals surface area contributed by atoms with E-state index in [2.05, 4.69) is 21.0 Å². The standard InChI is InChI=1S/C22H26BrClFN3O5/c1-6-32-20(30)18(28-10-13-11(2)7-14(23)16(24)17(13)26-28)19(29)15-8-12(25)9-27(15)21(31)33-22(3,4)5/h7,10,12,15,18H,6,8-9H2,1-5H3. The Morgan fingerprint density at radius 3 is 2.64 bits per heavy atom. The molecule has 1 saturated heterocycles. The lowest BCUT2D eigenvalue weighted by molar-refractivity contribution is -0.152. The normalized spacial score (nSPS) is 19.6. The van der Waals surface area contributed by atoms with Gasteiger partial charge in [-0.05, 0) is 62.2 Å². The number of aryl methyl sites for hydroxylation is 1. The Balaban J connectivity index is 2.04. The highest BCUT2D eigenvalue weighted by Crippen LogP contribution is 2.34. The van der Waals surface area contributed by atoms with Crippen molar-refractivity contribution >= 4 is 56.3 Å². The molecule has 33 heavy (non-hydrogen) atoms. The quantitative estimate of drug-likeness (QED) is 0.396. The summed E-state index contributed by atoms with van der Waals surface area (Å²) in [6, 6.07) is -0.932. The molecule has 0 spiro atoms. The van der Waals surface area contributed by atoms with E-state index in [1.807, 2.05) is 6.92 Å². The van der Waals surface area contributed by atoms with Crippen LogP contribution in [0.2, 0.25) is 5.02 Å². The highest BCUT2D eigenvalue weighted by atomic mass is 79.9. The summed E-state index contributed by atoms with van der Waals surface area (Å²) >= 11 is 9.73. The summed E-state index contributed by atoms with van der Waals surface area (Å²) in [5, 5.41) is 5.35. The molecule has 1 aliphatic rings. The molecular weight excluding hydrogens is 521 g/mol. The van der Waals surface area contributed by atoms with Gasteiger partial charge < -0.3 is 9.47 Å². The molecule has 11 heteroatoms. The van der Waals surface area contributed by atoms with Crippen LogP contribution in [-0.2, 0) is 19.1 Å². The van der Waals surface area contributed by atoms with E-state index >= 15 is 0 Å². The number of Topliss-reactive ketones (excluding diaryl/α,β-unsaturated/α-hetero) is 1. The zero-order valence-corrected chi connectivity index (χ0v) is 21.4. The second-order valence-corrected chi connectivity index (χ2v) is 10.1. The lowest BCUT2D eigenvalue weighted by Crippen LogP contribution is -2.47. The van der Waals surface area contributed by atoms with Crippen molar-refractivity contribution in [2.45, 2.75) is 64.9 Å². The van der Waals surface area contributed by atoms with Crippen LogP contribution in [0, 0.1) is 6.92 Å². The van der Waals surface area contributed by atoms with Gasteiger partial charge in [0.1, 0.15) is 17.3 Å². The fourth-order valence-electron chi connectivity index (χ4n) is 3.75. The number of benzene rings is 1. The highest BCUT2D eigenvalue weighted by Gasteiger charge is 2.46. The molecule has 1 fully saturated rings. The second kappa shape index (κ2) is 9.58. The lowest BCUT2D eigenvalue weighted by Gasteiger charge is -2.29. The van der Waals surface area contributed by atoms with E-state index in [-0.39, 0.29) is 19.6 Å². The predicted molar refractivity (Wildman–Crippen MR) is 124 cm³/mol. The number of halogens is 3. The molecule has 1 amide bonds. The van der Waals surface area contributed by atoms with E-state index in [0.29, 0.717) is 20.4 Å². The van der Waals surface area contributed by atoms with Crippen LogP contribution >= 0.6 is 27.5 Å². The smallest absolute Gasteiger partial charge is 0.411 e. The number of aromatic nitrogens is 2. The first-order valence-electron chi connectivity index (χ1n) is 10.5. The van der Waals surface area contributed by atoms with E-state index < -0.39 is 41.7 Å². The fourth-order valence-corrected chi connectivity index (χ4v) is 4.48. The average Bonchev–Trinajstić information content (AvgIpc) is 3.30. The number of esters is 1. The van der Waals surface area contributed by atoms with Crippen LogP contribution in [-0.4, -0.2) is 63.5 Å². The zero-order chi connectivity index (χ0) is 24.7. The molecule has 0 radical (unpaired) electrons. The molecule has 180 valence electrons. The van der Waals surface area contributed by atoms with Crippen molar-refractivity contribution in [3.8, 4) is 0 Å². The van der Waals surface area contributed by atoms with Crippen molar-refractivity contribution in [3.05, 3.63) is 27.3 Å². The number of alkyl halides is 1. The third-order valence-corrected chi connectivity index (χ3v) is 6.40. The van der Waals surface area contributed by atoms with E-state index in [1.54, 1.807) is 33.8 Å². The summed E-state index contributed by atoms with van der Waals surface area (Å²) in [4.78, 5) is 40.1. The number of hydrogen-bond donors (Lipinski definition) is 0. The first-order valence-corrected chi connectivity index (χ1v) is 11.7. The van der Waals surface area contributed by atoms with E-state index in [9.17, 15) is 18.8 Å². The van der Waals surface area contributed by atoms with Gasteiger partial charge in [-0.15, -0.1) is 0 Å². The van der Waals surface area contributed by atoms with Gasteiger partial charge in [0.15, 0.2) is 5.78 Å². The number of carbonyl (C=O) groups excluding carboxylic acids is 3. The van der Waals surface area contributed by atoms with Gasteiger partial charge >= 0.3 is 12.1 Å². The topological polar surface area (TPSA) is 90.7 Å². The Labute approximate surface area is 204 Å². The molecule has 1 aromatic carbocycles. The molecule has 1 aliphatic heterocycles. The molecule has 3 atom stereocenters. The summed E-state index contributed by atoms with van der Waals surface area (Å²) in [7, 11) is 0. The average molecular weight is 547 g/mol. The van der Waals surface area contributed by atoms with Gasteiger partial charge in [-0.3, -0.25) is 9.69 Å². The first kappa shape index (κ1) is 25.4. The number of ether oxygens (including phenoxy) is 2. The Hall–Kier alpha value is -2.20. The Morgan fingerprint density at radius 1 is 1.36 bits per heavy atom. The summed E-state index contributed by atoms with van der Waals surface area (Å²) in [5.41, 5.74) is 0.383. The first-order chi connectivity index (χ1) is 15.3. The molecule has 1 aromatic heterocycles. The summed E-state index contributed by atoms with van der Waals surface area (Å²) in [6.07, 6.45) is -0.974. The third kappa shape index (κ3) is 5.32. The van der Waals surface area contributed by atoms with Crippen LogP contribution in [0.15, 0.2) is 16.7 Å². The number of ketones is 1. The van der Waals surface area contributed by atoms with Crippen LogP contribution in [0.1, 0.15) is 45.7 Å². The van der Waals surface area contributed by atoms with Crippen molar-refractivity contribution in [2.75, 3.05) is 13.2 Å². The summed E-state index contributed by atoms with van der Waals surface area (Å²) in [6.45, 7) is 8.19. The van der Waals surface area contributed by atoms with Gasteiger partial charge in [-0.25, -0.2) is 18.7 Å². The predicted octanol–water partition coefficient (Wildman–Crippen LogP) is 4.78. The summed E-state index contributed by atoms with van der Waals surface area (Å²) < 4.78 is 26.6. The number of amides is 1. The Kier molecular flexibility index (Phi) is 7.38. The zero-order valence-electron chi connectivity index (χ0n) is 19.0. The van der Waals surface area contributed by atoms with Crippen LogP contribution in [0.5, 0.6) is 0 Å². The number of rotatable bonds is 5. The third-order valence-electron chi connectivity index (χ3n) is 5.17. The minimum Gasteiger partial charge on any atom is -0.464 e. The Morgan fingerprint density at radius 2 is 2.03 bits per heavy atom. The highest BCUT2D eigenvalue weighted by molar-refractivity contribution is 9.10. The lowest BCUT2D eigenvalue weighted by atomic mass is 10.0. The van der Waals surface area contributed by atoms with Crippen LogP contribution in [0.4, 0.5) is 9.18 Å². The van der Waals surface area contributed by atoms with Gasteiger partial charge in [-0.1, -0.05) is 11.6 Å². The van der Waals surface area contributed by atoms with E-state index in [0.717, 1.165) is 10.5 Å². The van der Waals surface area contributed by atoms with Gasteiger partial charge in [0.2, 0.25) is 6.04 Å². The molecule has 3 unspecified atom stereocenters. The van der Waals surface area contributed by atoms with Crippen LogP contribution in [0.3, 0.4) is 0 Å². The SMILES string of the molecule is CCOC(=O)C(C(=O)C1CC(F)CN1C(=O)OC(C)(C)C)n1cc2c(C)cc(Br)c(Cl)c2n1. The molecule has 0 saturated carbocycles. The molecule has 2 aromatic rings. The maximum absolute atomic E-state index is 14.3. The molecule has 3 rings (SSSR count). The minimum atomic E-state index is -1.52. The number of likely N-dealkylation sites (tertiary alicyclic amines) is 1. The molecule has 8 nitrogen and oxygen atoms in total. The van der Waals surface area contributed by atoms with Gasteiger partial charge in [0.25, 0.3) is 0 Å². The second-order valence-electron chi connectivity index (χ2n) is 8.90. The minimum absolute atomic E-state index is 0.0287. The maximum Gasteiger partial charge on any atom is 0.411 e.